The van der Waals surface area contributed by atoms with Crippen LogP contribution in [-0.2, 0) is 20.7 Å². The summed E-state index contributed by atoms with van der Waals surface area (Å²) >= 11 is 0. The Morgan fingerprint density at radius 3 is 2.46 bits per heavy atom. The third-order valence-electron chi connectivity index (χ3n) is 3.94. The van der Waals surface area contributed by atoms with Gasteiger partial charge in [-0.2, -0.15) is 0 Å². The van der Waals surface area contributed by atoms with E-state index in [1.807, 2.05) is 37.3 Å². The molecule has 2 rings (SSSR count). The van der Waals surface area contributed by atoms with Gasteiger partial charge in [-0.1, -0.05) is 24.3 Å². The fourth-order valence-corrected chi connectivity index (χ4v) is 2.50. The van der Waals surface area contributed by atoms with Crippen molar-refractivity contribution >= 4 is 23.3 Å². The third-order valence-corrected chi connectivity index (χ3v) is 3.94. The summed E-state index contributed by atoms with van der Waals surface area (Å²) in [5.74, 6) is -1.02. The minimum absolute atomic E-state index is 0.0494. The van der Waals surface area contributed by atoms with Crippen LogP contribution < -0.4 is 10.6 Å². The Balaban J connectivity index is 1.93. The Bertz CT molecular complexity index is 892. The zero-order valence-electron chi connectivity index (χ0n) is 16.2. The van der Waals surface area contributed by atoms with E-state index in [1.54, 1.807) is 32.2 Å². The summed E-state index contributed by atoms with van der Waals surface area (Å²) < 4.78 is 5.05. The number of allylic oxidation sites excluding steroid dienone is 2. The molecule has 0 unspecified atom stereocenters. The van der Waals surface area contributed by atoms with Gasteiger partial charge in [-0.05, 0) is 44.5 Å². The smallest absolute Gasteiger partial charge is 0.310 e. The first-order chi connectivity index (χ1) is 13.4. The lowest BCUT2D eigenvalue weighted by atomic mass is 10.1. The Hall–Kier alpha value is -3.48. The van der Waals surface area contributed by atoms with Crippen LogP contribution in [0.1, 0.15) is 25.1 Å². The molecule has 3 N–H and O–H groups in total. The molecule has 7 heteroatoms. The molecule has 0 aliphatic rings. The first kappa shape index (κ1) is 20.8. The van der Waals surface area contributed by atoms with E-state index >= 15 is 0 Å². The molecule has 0 aliphatic heterocycles. The fourth-order valence-electron chi connectivity index (χ4n) is 2.50. The summed E-state index contributed by atoms with van der Waals surface area (Å²) in [4.78, 5) is 28.3. The molecular formula is C21H24N4O3. The van der Waals surface area contributed by atoms with Crippen LogP contribution in [0, 0.1) is 12.3 Å². The number of amides is 1. The Morgan fingerprint density at radius 1 is 1.11 bits per heavy atom. The number of nitrogens with one attached hydrogen (secondary N) is 3. The SMILES string of the molecule is CC(=N)/C(NC(=O)COC(=O)Cc1cccnc1C)=C(/C)Nc1ccccc1. The first-order valence-corrected chi connectivity index (χ1v) is 8.81. The van der Waals surface area contributed by atoms with Gasteiger partial charge < -0.3 is 20.8 Å². The maximum atomic E-state index is 12.2. The van der Waals surface area contributed by atoms with E-state index in [1.165, 1.54) is 0 Å². The van der Waals surface area contributed by atoms with E-state index in [-0.39, 0.29) is 12.1 Å². The molecule has 0 radical (unpaired) electrons. The zero-order chi connectivity index (χ0) is 20.5. The molecule has 1 amide bonds. The van der Waals surface area contributed by atoms with Gasteiger partial charge in [0.2, 0.25) is 0 Å². The predicted octanol–water partition coefficient (Wildman–Crippen LogP) is 2.98. The predicted molar refractivity (Wildman–Crippen MR) is 108 cm³/mol. The maximum Gasteiger partial charge on any atom is 0.310 e. The van der Waals surface area contributed by atoms with Crippen molar-refractivity contribution in [1.29, 1.82) is 5.41 Å². The zero-order valence-corrected chi connectivity index (χ0v) is 16.2. The highest BCUT2D eigenvalue weighted by Crippen LogP contribution is 2.11. The summed E-state index contributed by atoms with van der Waals surface area (Å²) in [5, 5.41) is 13.7. The largest absolute Gasteiger partial charge is 0.455 e. The van der Waals surface area contributed by atoms with Crippen molar-refractivity contribution in [3.8, 4) is 0 Å². The second kappa shape index (κ2) is 10.0. The standard InChI is InChI=1S/C21H24N4O3/c1-14(22)21(16(3)24-18-9-5-4-6-10-18)25-19(26)13-28-20(27)12-17-8-7-11-23-15(17)2/h4-11,22,24H,12-13H2,1-3H3,(H,25,26)/b21-16+,22-14?. The van der Waals surface area contributed by atoms with Crippen LogP contribution in [0.2, 0.25) is 0 Å². The summed E-state index contributed by atoms with van der Waals surface area (Å²) in [6, 6.07) is 13.0. The van der Waals surface area contributed by atoms with Crippen LogP contribution >= 0.6 is 0 Å². The number of pyridine rings is 1. The number of anilines is 1. The molecule has 0 fully saturated rings. The topological polar surface area (TPSA) is 104 Å². The average Bonchev–Trinajstić information content (AvgIpc) is 2.66. The first-order valence-electron chi connectivity index (χ1n) is 8.81. The number of esters is 1. The van der Waals surface area contributed by atoms with Crippen LogP contribution in [0.5, 0.6) is 0 Å². The number of aromatic nitrogens is 1. The lowest BCUT2D eigenvalue weighted by Crippen LogP contribution is -2.32. The number of hydrogen-bond acceptors (Lipinski definition) is 6. The van der Waals surface area contributed by atoms with E-state index in [2.05, 4.69) is 15.6 Å². The molecule has 7 nitrogen and oxygen atoms in total. The minimum Gasteiger partial charge on any atom is -0.455 e. The van der Waals surface area contributed by atoms with Crippen molar-refractivity contribution in [3.05, 3.63) is 71.3 Å². The fraction of sp³-hybridized carbons (Fsp3) is 0.238. The van der Waals surface area contributed by atoms with Gasteiger partial charge in [-0.15, -0.1) is 0 Å². The van der Waals surface area contributed by atoms with Crippen molar-refractivity contribution in [2.45, 2.75) is 27.2 Å². The van der Waals surface area contributed by atoms with Crippen LogP contribution in [0.15, 0.2) is 60.1 Å². The van der Waals surface area contributed by atoms with Gasteiger partial charge in [0.15, 0.2) is 6.61 Å². The number of hydrogen-bond donors (Lipinski definition) is 3. The summed E-state index contributed by atoms with van der Waals surface area (Å²) in [5.41, 5.74) is 3.48. The normalized spacial score (nSPS) is 11.2. The molecule has 1 aromatic heterocycles. The van der Waals surface area contributed by atoms with Gasteiger partial charge in [0, 0.05) is 23.3 Å². The molecule has 28 heavy (non-hydrogen) atoms. The molecule has 0 saturated carbocycles. The van der Waals surface area contributed by atoms with Crippen molar-refractivity contribution in [3.63, 3.8) is 0 Å². The number of para-hydroxylation sites is 1. The van der Waals surface area contributed by atoms with E-state index in [4.69, 9.17) is 10.1 Å². The van der Waals surface area contributed by atoms with Crippen LogP contribution in [-0.4, -0.2) is 29.2 Å². The number of aryl methyl sites for hydroxylation is 1. The van der Waals surface area contributed by atoms with E-state index < -0.39 is 18.5 Å². The van der Waals surface area contributed by atoms with Crippen LogP contribution in [0.25, 0.3) is 0 Å². The Kier molecular flexibility index (Phi) is 7.45. The Labute approximate surface area is 164 Å². The molecule has 0 atom stereocenters. The number of carbonyl (C=O) groups excluding carboxylic acids is 2. The van der Waals surface area contributed by atoms with Gasteiger partial charge in [-0.3, -0.25) is 14.6 Å². The minimum atomic E-state index is -0.512. The number of rotatable bonds is 8. The van der Waals surface area contributed by atoms with Gasteiger partial charge in [-0.25, -0.2) is 0 Å². The summed E-state index contributed by atoms with van der Waals surface area (Å²) in [7, 11) is 0. The van der Waals surface area contributed by atoms with E-state index in [9.17, 15) is 9.59 Å². The molecular weight excluding hydrogens is 356 g/mol. The van der Waals surface area contributed by atoms with Crippen LogP contribution in [0.3, 0.4) is 0 Å². The molecule has 0 saturated heterocycles. The number of carbonyl (C=O) groups is 2. The molecule has 0 aliphatic carbocycles. The molecule has 0 bridgehead atoms. The quantitative estimate of drug-likeness (QED) is 0.482. The molecule has 1 aromatic carbocycles. The van der Waals surface area contributed by atoms with Gasteiger partial charge in [0.05, 0.1) is 17.8 Å². The Morgan fingerprint density at radius 2 is 1.82 bits per heavy atom. The summed E-state index contributed by atoms with van der Waals surface area (Å²) in [6.07, 6.45) is 1.70. The number of nitrogens with zero attached hydrogens (tertiary/aromatic N) is 1. The lowest BCUT2D eigenvalue weighted by Gasteiger charge is -2.15. The second-order valence-corrected chi connectivity index (χ2v) is 6.25. The lowest BCUT2D eigenvalue weighted by molar-refractivity contribution is -0.147. The highest BCUT2D eigenvalue weighted by Gasteiger charge is 2.14. The molecule has 0 spiro atoms. The van der Waals surface area contributed by atoms with Gasteiger partial charge >= 0.3 is 5.97 Å². The summed E-state index contributed by atoms with van der Waals surface area (Å²) in [6.45, 7) is 4.72. The highest BCUT2D eigenvalue weighted by molar-refractivity contribution is 6.00. The monoisotopic (exact) mass is 380 g/mol. The third kappa shape index (κ3) is 6.35. The highest BCUT2D eigenvalue weighted by atomic mass is 16.5. The van der Waals surface area contributed by atoms with Gasteiger partial charge in [0.25, 0.3) is 5.91 Å². The molecule has 1 heterocycles. The average molecular weight is 380 g/mol. The van der Waals surface area contributed by atoms with Crippen molar-refractivity contribution in [1.82, 2.24) is 10.3 Å². The van der Waals surface area contributed by atoms with Crippen molar-refractivity contribution in [2.24, 2.45) is 0 Å². The molecule has 146 valence electrons. The van der Waals surface area contributed by atoms with Gasteiger partial charge in [0.1, 0.15) is 0 Å². The maximum absolute atomic E-state index is 12.2. The van der Waals surface area contributed by atoms with Crippen molar-refractivity contribution < 1.29 is 14.3 Å². The second-order valence-electron chi connectivity index (χ2n) is 6.25. The van der Waals surface area contributed by atoms with Crippen LogP contribution in [0.4, 0.5) is 5.69 Å². The van der Waals surface area contributed by atoms with Crippen molar-refractivity contribution in [2.75, 3.05) is 11.9 Å². The number of ether oxygens (including phenoxy) is 1. The number of benzene rings is 1. The van der Waals surface area contributed by atoms with E-state index in [0.29, 0.717) is 11.4 Å². The van der Waals surface area contributed by atoms with E-state index in [0.717, 1.165) is 16.9 Å². The molecule has 2 aromatic rings.